The van der Waals surface area contributed by atoms with E-state index in [0.29, 0.717) is 30.9 Å². The number of amides is 1. The molecular formula is C22H25NO6. The summed E-state index contributed by atoms with van der Waals surface area (Å²) in [7, 11) is 0. The fraction of sp³-hybridized carbons (Fsp3) is 0.318. The van der Waals surface area contributed by atoms with E-state index in [1.54, 1.807) is 31.2 Å². The van der Waals surface area contributed by atoms with Crippen LogP contribution in [-0.4, -0.2) is 37.7 Å². The fourth-order valence-corrected chi connectivity index (χ4v) is 2.56. The van der Waals surface area contributed by atoms with E-state index in [0.717, 1.165) is 11.3 Å². The number of carbonyl (C=O) groups is 3. The summed E-state index contributed by atoms with van der Waals surface area (Å²) < 4.78 is 15.4. The topological polar surface area (TPSA) is 90.9 Å². The van der Waals surface area contributed by atoms with Crippen LogP contribution in [0.5, 0.6) is 5.75 Å². The molecule has 7 heteroatoms. The van der Waals surface area contributed by atoms with Gasteiger partial charge in [-0.25, -0.2) is 4.79 Å². The maximum atomic E-state index is 12.0. The first-order chi connectivity index (χ1) is 14.0. The lowest BCUT2D eigenvalue weighted by molar-refractivity contribution is -0.147. The Balaban J connectivity index is 1.76. The molecule has 0 aliphatic heterocycles. The van der Waals surface area contributed by atoms with Gasteiger partial charge in [0.25, 0.3) is 5.91 Å². The standard InChI is InChI=1S/C22H25NO6/c1-3-27-19-8-6-5-7-16(19)11-14-21(25)29-15-20(24)23-18-12-9-17(10-13-18)22(26)28-4-2/h5-10,12-13H,3-4,11,14-15H2,1-2H3,(H,23,24). The van der Waals surface area contributed by atoms with Gasteiger partial charge in [0, 0.05) is 12.1 Å². The second-order valence-corrected chi connectivity index (χ2v) is 6.05. The molecule has 154 valence electrons. The molecule has 0 saturated heterocycles. The quantitative estimate of drug-likeness (QED) is 0.616. The zero-order valence-electron chi connectivity index (χ0n) is 16.6. The lowest BCUT2D eigenvalue weighted by atomic mass is 10.1. The molecule has 7 nitrogen and oxygen atoms in total. The summed E-state index contributed by atoms with van der Waals surface area (Å²) in [5.74, 6) is -0.613. The van der Waals surface area contributed by atoms with Crippen molar-refractivity contribution in [3.05, 3.63) is 59.7 Å². The Kier molecular flexibility index (Phi) is 8.69. The van der Waals surface area contributed by atoms with Gasteiger partial charge in [-0.2, -0.15) is 0 Å². The third-order valence-electron chi connectivity index (χ3n) is 3.91. The maximum Gasteiger partial charge on any atom is 0.338 e. The van der Waals surface area contributed by atoms with Crippen LogP contribution in [0.1, 0.15) is 36.2 Å². The normalized spacial score (nSPS) is 10.1. The lowest BCUT2D eigenvalue weighted by Gasteiger charge is -2.10. The Morgan fingerprint density at radius 1 is 0.897 bits per heavy atom. The van der Waals surface area contributed by atoms with Crippen LogP contribution in [-0.2, 0) is 25.5 Å². The van der Waals surface area contributed by atoms with Crippen molar-refractivity contribution >= 4 is 23.5 Å². The smallest absolute Gasteiger partial charge is 0.338 e. The van der Waals surface area contributed by atoms with Gasteiger partial charge in [-0.15, -0.1) is 0 Å². The number of rotatable bonds is 10. The number of ether oxygens (including phenoxy) is 3. The van der Waals surface area contributed by atoms with Gasteiger partial charge in [0.05, 0.1) is 18.8 Å². The molecule has 2 aromatic rings. The summed E-state index contributed by atoms with van der Waals surface area (Å²) in [6.07, 6.45) is 0.609. The van der Waals surface area contributed by atoms with E-state index < -0.39 is 17.8 Å². The molecule has 2 rings (SSSR count). The molecule has 0 spiro atoms. The van der Waals surface area contributed by atoms with E-state index in [2.05, 4.69) is 5.32 Å². The molecule has 0 heterocycles. The number of hydrogen-bond acceptors (Lipinski definition) is 6. The van der Waals surface area contributed by atoms with Crippen molar-refractivity contribution in [1.82, 2.24) is 0 Å². The Hall–Kier alpha value is -3.35. The van der Waals surface area contributed by atoms with E-state index in [4.69, 9.17) is 14.2 Å². The van der Waals surface area contributed by atoms with Crippen molar-refractivity contribution in [1.29, 1.82) is 0 Å². The van der Waals surface area contributed by atoms with Gasteiger partial charge in [0.1, 0.15) is 5.75 Å². The number of anilines is 1. The van der Waals surface area contributed by atoms with Crippen molar-refractivity contribution in [2.24, 2.45) is 0 Å². The highest BCUT2D eigenvalue weighted by Crippen LogP contribution is 2.19. The van der Waals surface area contributed by atoms with E-state index in [1.165, 1.54) is 0 Å². The minimum Gasteiger partial charge on any atom is -0.494 e. The van der Waals surface area contributed by atoms with Crippen LogP contribution < -0.4 is 10.1 Å². The number of aryl methyl sites for hydroxylation is 1. The summed E-state index contributed by atoms with van der Waals surface area (Å²) >= 11 is 0. The molecule has 0 radical (unpaired) electrons. The Bertz CT molecular complexity index is 831. The molecule has 0 aliphatic carbocycles. The number of esters is 2. The predicted molar refractivity (Wildman–Crippen MR) is 108 cm³/mol. The van der Waals surface area contributed by atoms with Crippen LogP contribution in [0.3, 0.4) is 0 Å². The monoisotopic (exact) mass is 399 g/mol. The third kappa shape index (κ3) is 7.29. The van der Waals surface area contributed by atoms with Crippen LogP contribution in [0.2, 0.25) is 0 Å². The molecule has 29 heavy (non-hydrogen) atoms. The number of carbonyl (C=O) groups excluding carboxylic acids is 3. The predicted octanol–water partition coefficient (Wildman–Crippen LogP) is 3.38. The van der Waals surface area contributed by atoms with Crippen molar-refractivity contribution in [2.45, 2.75) is 26.7 Å². The molecule has 0 atom stereocenters. The Morgan fingerprint density at radius 3 is 2.31 bits per heavy atom. The Labute approximate surface area is 170 Å². The first-order valence-corrected chi connectivity index (χ1v) is 9.46. The van der Waals surface area contributed by atoms with E-state index in [-0.39, 0.29) is 13.0 Å². The van der Waals surface area contributed by atoms with Crippen LogP contribution >= 0.6 is 0 Å². The minimum absolute atomic E-state index is 0.144. The first kappa shape index (κ1) is 21.9. The van der Waals surface area contributed by atoms with Gasteiger partial charge in [0.2, 0.25) is 0 Å². The lowest BCUT2D eigenvalue weighted by Crippen LogP contribution is -2.21. The minimum atomic E-state index is -0.468. The average molecular weight is 399 g/mol. The van der Waals surface area contributed by atoms with Gasteiger partial charge < -0.3 is 19.5 Å². The highest BCUT2D eigenvalue weighted by atomic mass is 16.5. The zero-order chi connectivity index (χ0) is 21.1. The van der Waals surface area contributed by atoms with Gasteiger partial charge >= 0.3 is 11.9 Å². The van der Waals surface area contributed by atoms with Crippen LogP contribution in [0.25, 0.3) is 0 Å². The second kappa shape index (κ2) is 11.5. The maximum absolute atomic E-state index is 12.0. The van der Waals surface area contributed by atoms with E-state index in [9.17, 15) is 14.4 Å². The summed E-state index contributed by atoms with van der Waals surface area (Å²) in [6, 6.07) is 13.8. The van der Waals surface area contributed by atoms with E-state index >= 15 is 0 Å². The van der Waals surface area contributed by atoms with Gasteiger partial charge in [-0.05, 0) is 56.2 Å². The average Bonchev–Trinajstić information content (AvgIpc) is 2.72. The molecule has 1 amide bonds. The summed E-state index contributed by atoms with van der Waals surface area (Å²) in [6.45, 7) is 4.08. The van der Waals surface area contributed by atoms with Crippen molar-refractivity contribution in [3.63, 3.8) is 0 Å². The number of para-hydroxylation sites is 1. The SMILES string of the molecule is CCOC(=O)c1ccc(NC(=O)COC(=O)CCc2ccccc2OCC)cc1. The van der Waals surface area contributed by atoms with Crippen molar-refractivity contribution in [2.75, 3.05) is 25.1 Å². The zero-order valence-corrected chi connectivity index (χ0v) is 16.6. The summed E-state index contributed by atoms with van der Waals surface area (Å²) in [5, 5.41) is 2.61. The van der Waals surface area contributed by atoms with Gasteiger partial charge in [-0.1, -0.05) is 18.2 Å². The van der Waals surface area contributed by atoms with Gasteiger partial charge in [-0.3, -0.25) is 9.59 Å². The summed E-state index contributed by atoms with van der Waals surface area (Å²) in [4.78, 5) is 35.5. The Morgan fingerprint density at radius 2 is 1.62 bits per heavy atom. The molecule has 0 saturated carbocycles. The molecule has 0 aromatic heterocycles. The van der Waals surface area contributed by atoms with Gasteiger partial charge in [0.15, 0.2) is 6.61 Å². The largest absolute Gasteiger partial charge is 0.494 e. The molecule has 0 fully saturated rings. The second-order valence-electron chi connectivity index (χ2n) is 6.05. The first-order valence-electron chi connectivity index (χ1n) is 9.46. The van der Waals surface area contributed by atoms with E-state index in [1.807, 2.05) is 31.2 Å². The molecular weight excluding hydrogens is 374 g/mol. The summed E-state index contributed by atoms with van der Waals surface area (Å²) in [5.41, 5.74) is 1.80. The van der Waals surface area contributed by atoms with Crippen molar-refractivity contribution in [3.8, 4) is 5.75 Å². The number of hydrogen-bond donors (Lipinski definition) is 1. The van der Waals surface area contributed by atoms with Crippen LogP contribution in [0, 0.1) is 0 Å². The molecule has 0 aliphatic rings. The third-order valence-corrected chi connectivity index (χ3v) is 3.91. The molecule has 2 aromatic carbocycles. The highest BCUT2D eigenvalue weighted by Gasteiger charge is 2.11. The van der Waals surface area contributed by atoms with Crippen molar-refractivity contribution < 1.29 is 28.6 Å². The molecule has 0 unspecified atom stereocenters. The van der Waals surface area contributed by atoms with Crippen LogP contribution in [0.4, 0.5) is 5.69 Å². The van der Waals surface area contributed by atoms with Crippen LogP contribution in [0.15, 0.2) is 48.5 Å². The number of benzene rings is 2. The number of nitrogens with one attached hydrogen (secondary N) is 1. The highest BCUT2D eigenvalue weighted by molar-refractivity contribution is 5.94. The fourth-order valence-electron chi connectivity index (χ4n) is 2.56. The molecule has 1 N–H and O–H groups in total. The molecule has 0 bridgehead atoms.